The van der Waals surface area contributed by atoms with E-state index in [4.69, 9.17) is 15.6 Å². The van der Waals surface area contributed by atoms with Gasteiger partial charge >= 0.3 is 0 Å². The molecule has 0 spiro atoms. The van der Waals surface area contributed by atoms with Crippen molar-refractivity contribution in [1.29, 1.82) is 0 Å². The van der Waals surface area contributed by atoms with E-state index in [1.165, 1.54) is 17.0 Å². The van der Waals surface area contributed by atoms with Gasteiger partial charge in [-0.05, 0) is 39.0 Å². The molecular weight excluding hydrogens is 250 g/mol. The van der Waals surface area contributed by atoms with Crippen LogP contribution in [0.1, 0.15) is 70.0 Å². The van der Waals surface area contributed by atoms with Crippen LogP contribution in [-0.4, -0.2) is 22.0 Å². The second-order valence-corrected chi connectivity index (χ2v) is 5.86. The molecule has 2 rings (SSSR count). The van der Waals surface area contributed by atoms with Gasteiger partial charge in [0, 0.05) is 17.3 Å². The number of rotatable bonds is 6. The van der Waals surface area contributed by atoms with E-state index in [0.717, 1.165) is 38.6 Å². The molecule has 0 bridgehead atoms. The van der Waals surface area contributed by atoms with Gasteiger partial charge < -0.3 is 10.5 Å². The number of aryl methyl sites for hydroxylation is 1. The lowest BCUT2D eigenvalue weighted by molar-refractivity contribution is 0.0431. The number of hydrogen-bond donors (Lipinski definition) is 1. The topological polar surface area (TPSA) is 53.1 Å². The Morgan fingerprint density at radius 2 is 2.05 bits per heavy atom. The van der Waals surface area contributed by atoms with Crippen molar-refractivity contribution in [3.8, 4) is 0 Å². The van der Waals surface area contributed by atoms with Crippen molar-refractivity contribution in [3.05, 3.63) is 17.0 Å². The highest BCUT2D eigenvalue weighted by molar-refractivity contribution is 5.30. The van der Waals surface area contributed by atoms with E-state index in [2.05, 4.69) is 32.4 Å². The van der Waals surface area contributed by atoms with Gasteiger partial charge in [-0.15, -0.1) is 0 Å². The average Bonchev–Trinajstić information content (AvgIpc) is 3.01. The van der Waals surface area contributed by atoms with Crippen molar-refractivity contribution >= 4 is 0 Å². The van der Waals surface area contributed by atoms with Crippen molar-refractivity contribution in [1.82, 2.24) is 9.78 Å². The van der Waals surface area contributed by atoms with Gasteiger partial charge in [0.15, 0.2) is 0 Å². The minimum atomic E-state index is 0.108. The molecule has 2 heterocycles. The highest BCUT2D eigenvalue weighted by Gasteiger charge is 2.25. The van der Waals surface area contributed by atoms with Gasteiger partial charge in [-0.1, -0.05) is 20.8 Å². The molecule has 1 aromatic rings. The summed E-state index contributed by atoms with van der Waals surface area (Å²) in [6, 6.07) is 0.108. The zero-order chi connectivity index (χ0) is 14.7. The molecule has 1 aliphatic heterocycles. The molecule has 2 N–H and O–H groups in total. The van der Waals surface area contributed by atoms with Gasteiger partial charge in [-0.3, -0.25) is 4.68 Å². The van der Waals surface area contributed by atoms with E-state index in [1.54, 1.807) is 0 Å². The predicted octanol–water partition coefficient (Wildman–Crippen LogP) is 2.99. The van der Waals surface area contributed by atoms with E-state index in [9.17, 15) is 0 Å². The summed E-state index contributed by atoms with van der Waals surface area (Å²) in [4.78, 5) is 0. The Balaban J connectivity index is 2.26. The third-order valence-electron chi connectivity index (χ3n) is 4.35. The molecule has 1 saturated heterocycles. The van der Waals surface area contributed by atoms with Crippen molar-refractivity contribution < 1.29 is 4.74 Å². The molecule has 3 atom stereocenters. The minimum Gasteiger partial charge on any atom is -0.373 e. The summed E-state index contributed by atoms with van der Waals surface area (Å²) in [6.07, 6.45) is 5.90. The molecule has 0 aromatic carbocycles. The highest BCUT2D eigenvalue weighted by Crippen LogP contribution is 2.26. The van der Waals surface area contributed by atoms with Gasteiger partial charge in [0.05, 0.1) is 24.4 Å². The summed E-state index contributed by atoms with van der Waals surface area (Å²) in [5.41, 5.74) is 10.1. The molecule has 1 aromatic heterocycles. The fourth-order valence-corrected chi connectivity index (χ4v) is 3.20. The van der Waals surface area contributed by atoms with Gasteiger partial charge in [0.25, 0.3) is 0 Å². The number of nitrogens with two attached hydrogens (primary N) is 1. The van der Waals surface area contributed by atoms with Crippen LogP contribution in [0.2, 0.25) is 0 Å². The van der Waals surface area contributed by atoms with E-state index < -0.39 is 0 Å². The van der Waals surface area contributed by atoms with E-state index in [-0.39, 0.29) is 6.04 Å². The third-order valence-corrected chi connectivity index (χ3v) is 4.35. The van der Waals surface area contributed by atoms with Crippen LogP contribution in [0.5, 0.6) is 0 Å². The maximum Gasteiger partial charge on any atom is 0.0775 e. The van der Waals surface area contributed by atoms with E-state index >= 15 is 0 Å². The molecule has 1 aliphatic rings. The number of nitrogens with zero attached hydrogens (tertiary/aromatic N) is 2. The first-order chi connectivity index (χ1) is 9.60. The summed E-state index contributed by atoms with van der Waals surface area (Å²) in [6.45, 7) is 9.52. The lowest BCUT2D eigenvalue weighted by Crippen LogP contribution is -2.20. The Labute approximate surface area is 122 Å². The summed E-state index contributed by atoms with van der Waals surface area (Å²) in [7, 11) is 0. The van der Waals surface area contributed by atoms with Crippen LogP contribution >= 0.6 is 0 Å². The first kappa shape index (κ1) is 15.5. The molecule has 0 saturated carbocycles. The van der Waals surface area contributed by atoms with Crippen molar-refractivity contribution in [2.45, 2.75) is 84.6 Å². The minimum absolute atomic E-state index is 0.108. The average molecular weight is 279 g/mol. The quantitative estimate of drug-likeness (QED) is 0.871. The summed E-state index contributed by atoms with van der Waals surface area (Å²) in [5.74, 6) is 0. The predicted molar refractivity (Wildman–Crippen MR) is 81.8 cm³/mol. The van der Waals surface area contributed by atoms with Crippen LogP contribution in [0.4, 0.5) is 0 Å². The van der Waals surface area contributed by atoms with E-state index in [0.29, 0.717) is 12.2 Å². The lowest BCUT2D eigenvalue weighted by atomic mass is 10.00. The van der Waals surface area contributed by atoms with Crippen LogP contribution in [-0.2, 0) is 24.1 Å². The second-order valence-electron chi connectivity index (χ2n) is 5.86. The fourth-order valence-electron chi connectivity index (χ4n) is 3.20. The fraction of sp³-hybridized carbons (Fsp3) is 0.812. The van der Waals surface area contributed by atoms with Crippen LogP contribution in [0.15, 0.2) is 0 Å². The number of aromatic nitrogens is 2. The molecule has 20 heavy (non-hydrogen) atoms. The maximum atomic E-state index is 6.31. The van der Waals surface area contributed by atoms with Crippen LogP contribution in [0.25, 0.3) is 0 Å². The molecule has 114 valence electrons. The zero-order valence-electron chi connectivity index (χ0n) is 13.4. The smallest absolute Gasteiger partial charge is 0.0775 e. The van der Waals surface area contributed by atoms with E-state index in [1.807, 2.05) is 0 Å². The molecule has 0 radical (unpaired) electrons. The Morgan fingerprint density at radius 3 is 2.55 bits per heavy atom. The monoisotopic (exact) mass is 279 g/mol. The first-order valence-electron chi connectivity index (χ1n) is 8.10. The highest BCUT2D eigenvalue weighted by atomic mass is 16.5. The van der Waals surface area contributed by atoms with Crippen LogP contribution in [0.3, 0.4) is 0 Å². The third kappa shape index (κ3) is 3.07. The molecule has 4 nitrogen and oxygen atoms in total. The van der Waals surface area contributed by atoms with Gasteiger partial charge in [-0.2, -0.15) is 5.10 Å². The molecule has 0 amide bonds. The largest absolute Gasteiger partial charge is 0.373 e. The van der Waals surface area contributed by atoms with Crippen LogP contribution < -0.4 is 5.73 Å². The molecule has 1 fully saturated rings. The first-order valence-corrected chi connectivity index (χ1v) is 8.10. The Morgan fingerprint density at radius 1 is 1.30 bits per heavy atom. The standard InChI is InChI=1S/C16H29N3O/c1-5-13(17)16-14(6-2)18-19(15(16)7-3)10-12-9-8-11(4)20-12/h11-13H,5-10,17H2,1-4H3. The molecule has 0 aliphatic carbocycles. The number of hydrogen-bond acceptors (Lipinski definition) is 3. The number of ether oxygens (including phenoxy) is 1. The SMILES string of the molecule is CCc1nn(CC2CCC(C)O2)c(CC)c1C(N)CC. The molecular formula is C16H29N3O. The van der Waals surface area contributed by atoms with Crippen LogP contribution in [0, 0.1) is 0 Å². The molecule has 4 heteroatoms. The van der Waals surface area contributed by atoms with Gasteiger partial charge in [0.2, 0.25) is 0 Å². The Kier molecular flexibility index (Phi) is 5.22. The van der Waals surface area contributed by atoms with Crippen molar-refractivity contribution in [2.75, 3.05) is 0 Å². The van der Waals surface area contributed by atoms with Gasteiger partial charge in [0.1, 0.15) is 0 Å². The zero-order valence-corrected chi connectivity index (χ0v) is 13.4. The summed E-state index contributed by atoms with van der Waals surface area (Å²) < 4.78 is 8.10. The Bertz CT molecular complexity index is 441. The van der Waals surface area contributed by atoms with Crippen molar-refractivity contribution in [3.63, 3.8) is 0 Å². The normalized spacial score (nSPS) is 24.2. The van der Waals surface area contributed by atoms with Gasteiger partial charge in [-0.25, -0.2) is 0 Å². The Hall–Kier alpha value is -0.870. The molecule has 3 unspecified atom stereocenters. The second kappa shape index (κ2) is 6.72. The summed E-state index contributed by atoms with van der Waals surface area (Å²) >= 11 is 0. The maximum absolute atomic E-state index is 6.31. The lowest BCUT2D eigenvalue weighted by Gasteiger charge is -2.15. The van der Waals surface area contributed by atoms with Crippen molar-refractivity contribution in [2.24, 2.45) is 5.73 Å². The summed E-state index contributed by atoms with van der Waals surface area (Å²) in [5, 5.41) is 4.81.